The molecular weight excluding hydrogens is 270 g/mol. The Morgan fingerprint density at radius 1 is 1.25 bits per heavy atom. The number of hydrogen-bond acceptors (Lipinski definition) is 3. The van der Waals surface area contributed by atoms with Gasteiger partial charge in [-0.25, -0.2) is 0 Å². The zero-order valence-corrected chi connectivity index (χ0v) is 12.3. The van der Waals surface area contributed by atoms with Crippen molar-refractivity contribution in [3.63, 3.8) is 0 Å². The molecule has 0 amide bonds. The van der Waals surface area contributed by atoms with Gasteiger partial charge in [0.1, 0.15) is 0 Å². The molecular formula is C16H18ClN3. The van der Waals surface area contributed by atoms with E-state index in [1.807, 2.05) is 31.5 Å². The van der Waals surface area contributed by atoms with Gasteiger partial charge in [0.25, 0.3) is 0 Å². The fourth-order valence-electron chi connectivity index (χ4n) is 2.58. The van der Waals surface area contributed by atoms with E-state index in [0.29, 0.717) is 12.0 Å². The van der Waals surface area contributed by atoms with Gasteiger partial charge in [-0.3, -0.25) is 9.97 Å². The number of nitrogens with one attached hydrogen (secondary N) is 1. The summed E-state index contributed by atoms with van der Waals surface area (Å²) in [6, 6.07) is 8.77. The van der Waals surface area contributed by atoms with Gasteiger partial charge in [0.2, 0.25) is 0 Å². The highest BCUT2D eigenvalue weighted by atomic mass is 35.5. The summed E-state index contributed by atoms with van der Waals surface area (Å²) < 4.78 is 0. The predicted molar refractivity (Wildman–Crippen MR) is 80.8 cm³/mol. The molecule has 0 spiro atoms. The number of nitrogens with zero attached hydrogens (tertiary/aromatic N) is 2. The van der Waals surface area contributed by atoms with E-state index < -0.39 is 0 Å². The first-order valence-electron chi connectivity index (χ1n) is 6.97. The third kappa shape index (κ3) is 3.17. The number of benzene rings is 1. The van der Waals surface area contributed by atoms with E-state index in [-0.39, 0.29) is 0 Å². The first-order valence-corrected chi connectivity index (χ1v) is 7.35. The van der Waals surface area contributed by atoms with E-state index in [2.05, 4.69) is 27.4 Å². The third-order valence-corrected chi connectivity index (χ3v) is 4.10. The summed E-state index contributed by atoms with van der Waals surface area (Å²) in [7, 11) is 0. The lowest BCUT2D eigenvalue weighted by atomic mass is 9.76. The standard InChI is InChI=1S/C16H18ClN3/c1-11-8-19-16(9-18-11)10-20-15-6-13(7-15)12-3-2-4-14(17)5-12/h2-5,8-9,13,15,20H,6-7,10H2,1H3. The van der Waals surface area contributed by atoms with Crippen LogP contribution in [0.25, 0.3) is 0 Å². The van der Waals surface area contributed by atoms with Gasteiger partial charge < -0.3 is 5.32 Å². The van der Waals surface area contributed by atoms with Gasteiger partial charge in [-0.2, -0.15) is 0 Å². The Morgan fingerprint density at radius 3 is 2.80 bits per heavy atom. The summed E-state index contributed by atoms with van der Waals surface area (Å²) >= 11 is 6.03. The Kier molecular flexibility index (Phi) is 3.99. The molecule has 1 aliphatic carbocycles. The van der Waals surface area contributed by atoms with Crippen molar-refractivity contribution in [2.75, 3.05) is 0 Å². The highest BCUT2D eigenvalue weighted by molar-refractivity contribution is 6.30. The van der Waals surface area contributed by atoms with Crippen LogP contribution in [0, 0.1) is 6.92 Å². The van der Waals surface area contributed by atoms with Crippen molar-refractivity contribution in [3.8, 4) is 0 Å². The molecule has 0 atom stereocenters. The lowest BCUT2D eigenvalue weighted by molar-refractivity contribution is 0.288. The van der Waals surface area contributed by atoms with E-state index in [4.69, 9.17) is 11.6 Å². The second kappa shape index (κ2) is 5.90. The van der Waals surface area contributed by atoms with Crippen molar-refractivity contribution in [3.05, 3.63) is 58.6 Å². The molecule has 20 heavy (non-hydrogen) atoms. The Morgan fingerprint density at radius 2 is 2.10 bits per heavy atom. The van der Waals surface area contributed by atoms with Crippen LogP contribution < -0.4 is 5.32 Å². The average molecular weight is 288 g/mol. The molecule has 1 aromatic heterocycles. The van der Waals surface area contributed by atoms with Gasteiger partial charge in [-0.15, -0.1) is 0 Å². The molecule has 0 unspecified atom stereocenters. The van der Waals surface area contributed by atoms with Crippen LogP contribution in [0.5, 0.6) is 0 Å². The van der Waals surface area contributed by atoms with Gasteiger partial charge in [0.15, 0.2) is 0 Å². The molecule has 0 bridgehead atoms. The second-order valence-corrected chi connectivity index (χ2v) is 5.89. The quantitative estimate of drug-likeness (QED) is 0.935. The zero-order valence-electron chi connectivity index (χ0n) is 11.5. The van der Waals surface area contributed by atoms with E-state index in [0.717, 1.165) is 23.0 Å². The molecule has 1 aromatic carbocycles. The monoisotopic (exact) mass is 287 g/mol. The van der Waals surface area contributed by atoms with E-state index in [1.165, 1.54) is 18.4 Å². The smallest absolute Gasteiger partial charge is 0.0724 e. The maximum absolute atomic E-state index is 6.03. The Hall–Kier alpha value is -1.45. The minimum absolute atomic E-state index is 0.571. The number of aryl methyl sites for hydroxylation is 1. The van der Waals surface area contributed by atoms with Crippen LogP contribution in [-0.4, -0.2) is 16.0 Å². The van der Waals surface area contributed by atoms with Crippen LogP contribution in [-0.2, 0) is 6.54 Å². The van der Waals surface area contributed by atoms with Crippen LogP contribution in [0.2, 0.25) is 5.02 Å². The molecule has 2 aromatic rings. The molecule has 0 radical (unpaired) electrons. The number of hydrogen-bond donors (Lipinski definition) is 1. The second-order valence-electron chi connectivity index (χ2n) is 5.45. The van der Waals surface area contributed by atoms with Gasteiger partial charge >= 0.3 is 0 Å². The largest absolute Gasteiger partial charge is 0.308 e. The third-order valence-electron chi connectivity index (χ3n) is 3.86. The van der Waals surface area contributed by atoms with Crippen LogP contribution in [0.4, 0.5) is 0 Å². The molecule has 1 aliphatic rings. The maximum atomic E-state index is 6.03. The fraction of sp³-hybridized carbons (Fsp3) is 0.375. The molecule has 0 saturated heterocycles. The van der Waals surface area contributed by atoms with Crippen LogP contribution in [0.3, 0.4) is 0 Å². The van der Waals surface area contributed by atoms with Crippen molar-refractivity contribution < 1.29 is 0 Å². The van der Waals surface area contributed by atoms with Crippen LogP contribution in [0.15, 0.2) is 36.7 Å². The van der Waals surface area contributed by atoms with Gasteiger partial charge in [-0.05, 0) is 43.4 Å². The summed E-state index contributed by atoms with van der Waals surface area (Å²) in [4.78, 5) is 8.61. The SMILES string of the molecule is Cc1cnc(CNC2CC(c3cccc(Cl)c3)C2)cn1. The topological polar surface area (TPSA) is 37.8 Å². The number of aromatic nitrogens is 2. The minimum Gasteiger partial charge on any atom is -0.308 e. The zero-order chi connectivity index (χ0) is 13.9. The van der Waals surface area contributed by atoms with E-state index >= 15 is 0 Å². The minimum atomic E-state index is 0.571. The van der Waals surface area contributed by atoms with E-state index in [1.54, 1.807) is 0 Å². The Balaban J connectivity index is 1.48. The maximum Gasteiger partial charge on any atom is 0.0724 e. The highest BCUT2D eigenvalue weighted by Crippen LogP contribution is 2.37. The lowest BCUT2D eigenvalue weighted by Crippen LogP contribution is -2.39. The molecule has 1 N–H and O–H groups in total. The van der Waals surface area contributed by atoms with Crippen molar-refractivity contribution in [1.29, 1.82) is 0 Å². The summed E-state index contributed by atoms with van der Waals surface area (Å²) in [5.41, 5.74) is 3.31. The van der Waals surface area contributed by atoms with Gasteiger partial charge in [-0.1, -0.05) is 23.7 Å². The summed E-state index contributed by atoms with van der Waals surface area (Å²) in [5, 5.41) is 4.36. The molecule has 3 rings (SSSR count). The summed E-state index contributed by atoms with van der Waals surface area (Å²) in [5.74, 6) is 0.635. The van der Waals surface area contributed by atoms with Crippen molar-refractivity contribution in [1.82, 2.24) is 15.3 Å². The number of halogens is 1. The van der Waals surface area contributed by atoms with Crippen LogP contribution >= 0.6 is 11.6 Å². The van der Waals surface area contributed by atoms with Gasteiger partial charge in [0, 0.05) is 30.0 Å². The molecule has 1 fully saturated rings. The summed E-state index contributed by atoms with van der Waals surface area (Å²) in [6.45, 7) is 2.74. The Bertz CT molecular complexity index is 577. The van der Waals surface area contributed by atoms with Crippen molar-refractivity contribution in [2.45, 2.75) is 38.3 Å². The molecule has 0 aliphatic heterocycles. The molecule has 3 nitrogen and oxygen atoms in total. The first-order chi connectivity index (χ1) is 9.70. The average Bonchev–Trinajstić information content (AvgIpc) is 2.39. The van der Waals surface area contributed by atoms with Gasteiger partial charge in [0.05, 0.1) is 11.4 Å². The number of rotatable bonds is 4. The normalized spacial score (nSPS) is 21.5. The molecule has 1 saturated carbocycles. The molecule has 1 heterocycles. The Labute approximate surface area is 124 Å². The summed E-state index contributed by atoms with van der Waals surface area (Å²) in [6.07, 6.45) is 5.99. The highest BCUT2D eigenvalue weighted by Gasteiger charge is 2.29. The predicted octanol–water partition coefficient (Wildman–Crippen LogP) is 3.47. The first kappa shape index (κ1) is 13.5. The lowest BCUT2D eigenvalue weighted by Gasteiger charge is -2.36. The van der Waals surface area contributed by atoms with Crippen molar-refractivity contribution >= 4 is 11.6 Å². The van der Waals surface area contributed by atoms with E-state index in [9.17, 15) is 0 Å². The molecule has 104 valence electrons. The van der Waals surface area contributed by atoms with Crippen LogP contribution in [0.1, 0.15) is 35.7 Å². The molecule has 4 heteroatoms. The van der Waals surface area contributed by atoms with Crippen molar-refractivity contribution in [2.24, 2.45) is 0 Å². The fourth-order valence-corrected chi connectivity index (χ4v) is 2.78.